The number of aromatic nitrogens is 1. The number of rotatable bonds is 2. The summed E-state index contributed by atoms with van der Waals surface area (Å²) < 4.78 is 6.76. The van der Waals surface area contributed by atoms with E-state index >= 15 is 0 Å². The maximum Gasteiger partial charge on any atom is 0.120 e. The van der Waals surface area contributed by atoms with Gasteiger partial charge < -0.3 is 4.74 Å². The minimum Gasteiger partial charge on any atom is -0.380 e. The fourth-order valence-electron chi connectivity index (χ4n) is 0.722. The zero-order valence-corrected chi connectivity index (χ0v) is 9.15. The van der Waals surface area contributed by atoms with E-state index in [0.717, 1.165) is 14.6 Å². The van der Waals surface area contributed by atoms with Crippen LogP contribution in [0.1, 0.15) is 5.56 Å². The molecule has 0 N–H and O–H groups in total. The molecule has 0 bridgehead atoms. The van der Waals surface area contributed by atoms with Gasteiger partial charge in [-0.2, -0.15) is 0 Å². The molecular formula is C7H7Br2NO. The number of ether oxygens (including phenoxy) is 1. The molecule has 0 aliphatic carbocycles. The molecule has 0 radical (unpaired) electrons. The van der Waals surface area contributed by atoms with Gasteiger partial charge in [-0.25, -0.2) is 4.98 Å². The van der Waals surface area contributed by atoms with Crippen LogP contribution < -0.4 is 0 Å². The molecule has 0 aliphatic heterocycles. The first-order chi connectivity index (χ1) is 5.25. The van der Waals surface area contributed by atoms with Crippen molar-refractivity contribution in [2.24, 2.45) is 0 Å². The highest BCUT2D eigenvalue weighted by Gasteiger charge is 2.02. The van der Waals surface area contributed by atoms with Crippen LogP contribution in [0.15, 0.2) is 21.3 Å². The molecular weight excluding hydrogens is 274 g/mol. The van der Waals surface area contributed by atoms with Crippen molar-refractivity contribution < 1.29 is 4.74 Å². The van der Waals surface area contributed by atoms with Crippen molar-refractivity contribution in [1.82, 2.24) is 4.98 Å². The van der Waals surface area contributed by atoms with Gasteiger partial charge in [-0.05, 0) is 43.5 Å². The second-order valence-corrected chi connectivity index (χ2v) is 3.55. The molecule has 1 rings (SSSR count). The van der Waals surface area contributed by atoms with Crippen molar-refractivity contribution in [2.45, 2.75) is 6.61 Å². The molecule has 0 unspecified atom stereocenters. The quantitative estimate of drug-likeness (QED) is 0.777. The summed E-state index contributed by atoms with van der Waals surface area (Å²) in [6, 6.07) is 1.92. The van der Waals surface area contributed by atoms with E-state index in [9.17, 15) is 0 Å². The van der Waals surface area contributed by atoms with E-state index in [1.807, 2.05) is 6.07 Å². The fourth-order valence-corrected chi connectivity index (χ4v) is 1.44. The first kappa shape index (κ1) is 9.16. The Morgan fingerprint density at radius 2 is 2.27 bits per heavy atom. The van der Waals surface area contributed by atoms with E-state index in [2.05, 4.69) is 36.8 Å². The molecule has 4 heteroatoms. The summed E-state index contributed by atoms with van der Waals surface area (Å²) in [6.07, 6.45) is 1.74. The van der Waals surface area contributed by atoms with Crippen molar-refractivity contribution in [1.29, 1.82) is 0 Å². The van der Waals surface area contributed by atoms with Gasteiger partial charge >= 0.3 is 0 Å². The van der Waals surface area contributed by atoms with Crippen LogP contribution >= 0.6 is 31.9 Å². The van der Waals surface area contributed by atoms with Crippen LogP contribution in [0, 0.1) is 0 Å². The van der Waals surface area contributed by atoms with Crippen molar-refractivity contribution in [3.05, 3.63) is 26.9 Å². The van der Waals surface area contributed by atoms with Gasteiger partial charge in [0, 0.05) is 13.3 Å². The van der Waals surface area contributed by atoms with Crippen LogP contribution in [-0.2, 0) is 11.3 Å². The lowest BCUT2D eigenvalue weighted by Crippen LogP contribution is -1.90. The van der Waals surface area contributed by atoms with Crippen LogP contribution in [-0.4, -0.2) is 12.1 Å². The van der Waals surface area contributed by atoms with E-state index < -0.39 is 0 Å². The number of nitrogens with zero attached hydrogens (tertiary/aromatic N) is 1. The molecule has 2 nitrogen and oxygen atoms in total. The molecule has 0 aromatic carbocycles. The molecule has 1 aromatic heterocycles. The number of hydrogen-bond acceptors (Lipinski definition) is 2. The largest absolute Gasteiger partial charge is 0.380 e. The Balaban J connectivity index is 2.96. The van der Waals surface area contributed by atoms with Crippen LogP contribution in [0.4, 0.5) is 0 Å². The maximum absolute atomic E-state index is 4.99. The van der Waals surface area contributed by atoms with Crippen molar-refractivity contribution >= 4 is 31.9 Å². The standard InChI is InChI=1S/C7H7Br2NO/c1-11-4-5-2-3-10-7(9)6(5)8/h2-3H,4H2,1H3. The molecule has 0 fully saturated rings. The molecule has 11 heavy (non-hydrogen) atoms. The molecule has 0 atom stereocenters. The normalized spacial score (nSPS) is 10.1. The van der Waals surface area contributed by atoms with Gasteiger partial charge in [0.05, 0.1) is 11.1 Å². The molecule has 0 aliphatic rings. The third-order valence-corrected chi connectivity index (χ3v) is 3.24. The van der Waals surface area contributed by atoms with Gasteiger partial charge in [0.2, 0.25) is 0 Å². The topological polar surface area (TPSA) is 22.1 Å². The van der Waals surface area contributed by atoms with E-state index in [0.29, 0.717) is 6.61 Å². The molecule has 0 spiro atoms. The zero-order chi connectivity index (χ0) is 8.27. The molecule has 0 saturated heterocycles. The SMILES string of the molecule is COCc1ccnc(Br)c1Br. The molecule has 60 valence electrons. The summed E-state index contributed by atoms with van der Waals surface area (Å²) in [5.41, 5.74) is 1.09. The Morgan fingerprint density at radius 1 is 1.55 bits per heavy atom. The lowest BCUT2D eigenvalue weighted by Gasteiger charge is -2.02. The van der Waals surface area contributed by atoms with E-state index in [4.69, 9.17) is 4.74 Å². The Morgan fingerprint density at radius 3 is 2.91 bits per heavy atom. The summed E-state index contributed by atoms with van der Waals surface area (Å²) in [6.45, 7) is 0.599. The molecule has 1 aromatic rings. The second-order valence-electron chi connectivity index (χ2n) is 2.01. The minimum absolute atomic E-state index is 0.599. The highest BCUT2D eigenvalue weighted by Crippen LogP contribution is 2.24. The summed E-state index contributed by atoms with van der Waals surface area (Å²) in [5, 5.41) is 0. The highest BCUT2D eigenvalue weighted by molar-refractivity contribution is 9.13. The van der Waals surface area contributed by atoms with Gasteiger partial charge in [0.15, 0.2) is 0 Å². The Hall–Kier alpha value is 0.0700. The van der Waals surface area contributed by atoms with E-state index in [1.165, 1.54) is 0 Å². The smallest absolute Gasteiger partial charge is 0.120 e. The van der Waals surface area contributed by atoms with Crippen LogP contribution in [0.5, 0.6) is 0 Å². The summed E-state index contributed by atoms with van der Waals surface area (Å²) in [4.78, 5) is 4.04. The first-order valence-corrected chi connectivity index (χ1v) is 4.62. The Bertz CT molecular complexity index is 252. The Kier molecular flexibility index (Phi) is 3.48. The summed E-state index contributed by atoms with van der Waals surface area (Å²) >= 11 is 6.69. The van der Waals surface area contributed by atoms with Gasteiger partial charge in [0.25, 0.3) is 0 Å². The summed E-state index contributed by atoms with van der Waals surface area (Å²) in [5.74, 6) is 0. The molecule has 0 amide bonds. The third-order valence-electron chi connectivity index (χ3n) is 1.23. The van der Waals surface area contributed by atoms with Gasteiger partial charge in [0.1, 0.15) is 4.60 Å². The predicted octanol–water partition coefficient (Wildman–Crippen LogP) is 2.75. The van der Waals surface area contributed by atoms with Crippen molar-refractivity contribution in [2.75, 3.05) is 7.11 Å². The zero-order valence-electron chi connectivity index (χ0n) is 5.97. The number of hydrogen-bond donors (Lipinski definition) is 0. The van der Waals surface area contributed by atoms with E-state index in [1.54, 1.807) is 13.3 Å². The summed E-state index contributed by atoms with van der Waals surface area (Å²) in [7, 11) is 1.67. The molecule has 0 saturated carbocycles. The second kappa shape index (κ2) is 4.18. The van der Waals surface area contributed by atoms with Crippen molar-refractivity contribution in [3.8, 4) is 0 Å². The first-order valence-electron chi connectivity index (χ1n) is 3.03. The average Bonchev–Trinajstić information content (AvgIpc) is 1.99. The number of halogens is 2. The molecule has 1 heterocycles. The number of methoxy groups -OCH3 is 1. The van der Waals surface area contributed by atoms with Gasteiger partial charge in [-0.15, -0.1) is 0 Å². The monoisotopic (exact) mass is 279 g/mol. The maximum atomic E-state index is 4.99. The average molecular weight is 281 g/mol. The van der Waals surface area contributed by atoms with Crippen LogP contribution in [0.25, 0.3) is 0 Å². The lowest BCUT2D eigenvalue weighted by molar-refractivity contribution is 0.184. The predicted molar refractivity (Wildman–Crippen MR) is 50.4 cm³/mol. The lowest BCUT2D eigenvalue weighted by atomic mass is 10.3. The van der Waals surface area contributed by atoms with Crippen molar-refractivity contribution in [3.63, 3.8) is 0 Å². The van der Waals surface area contributed by atoms with Crippen LogP contribution in [0.2, 0.25) is 0 Å². The van der Waals surface area contributed by atoms with E-state index in [-0.39, 0.29) is 0 Å². The highest BCUT2D eigenvalue weighted by atomic mass is 79.9. The fraction of sp³-hybridized carbons (Fsp3) is 0.286. The van der Waals surface area contributed by atoms with Crippen LogP contribution in [0.3, 0.4) is 0 Å². The Labute approximate surface area is 82.2 Å². The number of pyridine rings is 1. The minimum atomic E-state index is 0.599. The van der Waals surface area contributed by atoms with Gasteiger partial charge in [-0.3, -0.25) is 0 Å². The van der Waals surface area contributed by atoms with Gasteiger partial charge in [-0.1, -0.05) is 0 Å². The third kappa shape index (κ3) is 2.25.